The van der Waals surface area contributed by atoms with Crippen LogP contribution >= 0.6 is 11.6 Å². The third kappa shape index (κ3) is 3.24. The number of halogens is 1. The largest absolute Gasteiger partial charge is 0.294 e. The second kappa shape index (κ2) is 5.47. The molecule has 0 saturated carbocycles. The van der Waals surface area contributed by atoms with Gasteiger partial charge in [-0.1, -0.05) is 11.6 Å². The van der Waals surface area contributed by atoms with Gasteiger partial charge in [0.15, 0.2) is 5.78 Å². The van der Waals surface area contributed by atoms with E-state index in [-0.39, 0.29) is 5.78 Å². The van der Waals surface area contributed by atoms with Gasteiger partial charge in [-0.15, -0.1) is 12.3 Å². The van der Waals surface area contributed by atoms with Crippen LogP contribution in [0.5, 0.6) is 0 Å². The van der Waals surface area contributed by atoms with E-state index >= 15 is 0 Å². The third-order valence-electron chi connectivity index (χ3n) is 1.89. The Kier molecular flexibility index (Phi) is 4.22. The number of benzene rings is 1. The third-order valence-corrected chi connectivity index (χ3v) is 2.14. The lowest BCUT2D eigenvalue weighted by Crippen LogP contribution is -1.97. The first-order chi connectivity index (χ1) is 6.74. The zero-order chi connectivity index (χ0) is 10.4. The maximum absolute atomic E-state index is 11.5. The molecule has 1 rings (SSSR count). The van der Waals surface area contributed by atoms with Crippen molar-refractivity contribution < 1.29 is 4.79 Å². The minimum atomic E-state index is 0.122. The van der Waals surface area contributed by atoms with Crippen molar-refractivity contribution in [2.75, 3.05) is 0 Å². The fourth-order valence-electron chi connectivity index (χ4n) is 1.13. The van der Waals surface area contributed by atoms with E-state index in [9.17, 15) is 4.79 Å². The topological polar surface area (TPSA) is 17.1 Å². The first-order valence-corrected chi connectivity index (χ1v) is 4.84. The molecule has 0 aromatic heterocycles. The summed E-state index contributed by atoms with van der Waals surface area (Å²) in [6, 6.07) is 6.91. The van der Waals surface area contributed by atoms with Crippen molar-refractivity contribution in [1.82, 2.24) is 0 Å². The van der Waals surface area contributed by atoms with E-state index < -0.39 is 0 Å². The summed E-state index contributed by atoms with van der Waals surface area (Å²) < 4.78 is 0. The van der Waals surface area contributed by atoms with E-state index in [0.717, 1.165) is 6.42 Å². The number of unbranched alkanes of at least 4 members (excludes halogenated alkanes) is 1. The second-order valence-corrected chi connectivity index (χ2v) is 3.42. The summed E-state index contributed by atoms with van der Waals surface area (Å²) in [7, 11) is 0. The number of carbonyl (C=O) groups is 1. The van der Waals surface area contributed by atoms with E-state index in [4.69, 9.17) is 18.0 Å². The molecule has 0 unspecified atom stereocenters. The molecule has 72 valence electrons. The molecule has 1 aromatic rings. The van der Waals surface area contributed by atoms with E-state index in [2.05, 4.69) is 5.92 Å². The lowest BCUT2D eigenvalue weighted by molar-refractivity contribution is 0.0980. The molecule has 1 nitrogen and oxygen atoms in total. The lowest BCUT2D eigenvalue weighted by atomic mass is 10.1. The highest BCUT2D eigenvalue weighted by molar-refractivity contribution is 6.30. The molecular weight excluding hydrogens is 196 g/mol. The molecule has 0 radical (unpaired) electrons. The van der Waals surface area contributed by atoms with E-state index in [0.29, 0.717) is 23.4 Å². The molecule has 0 bridgehead atoms. The number of ketones is 1. The maximum Gasteiger partial charge on any atom is 0.162 e. The molecule has 0 spiro atoms. The van der Waals surface area contributed by atoms with Gasteiger partial charge >= 0.3 is 0 Å². The molecule has 0 fully saturated rings. The monoisotopic (exact) mass is 206 g/mol. The van der Waals surface area contributed by atoms with Gasteiger partial charge in [-0.3, -0.25) is 4.79 Å². The number of rotatable bonds is 4. The Hall–Kier alpha value is -1.26. The van der Waals surface area contributed by atoms with Gasteiger partial charge in [0, 0.05) is 23.4 Å². The highest BCUT2D eigenvalue weighted by Gasteiger charge is 2.04. The van der Waals surface area contributed by atoms with Gasteiger partial charge in [0.25, 0.3) is 0 Å². The van der Waals surface area contributed by atoms with Crippen molar-refractivity contribution in [1.29, 1.82) is 0 Å². The van der Waals surface area contributed by atoms with Crippen LogP contribution in [0.3, 0.4) is 0 Å². The molecule has 0 saturated heterocycles. The molecule has 0 N–H and O–H groups in total. The summed E-state index contributed by atoms with van der Waals surface area (Å²) in [6.07, 6.45) is 7.00. The zero-order valence-corrected chi connectivity index (χ0v) is 8.55. The van der Waals surface area contributed by atoms with Crippen LogP contribution in [0.25, 0.3) is 0 Å². The number of Topliss-reactive ketones (excluding diaryl/α,β-unsaturated/α-hetero) is 1. The minimum absolute atomic E-state index is 0.122. The van der Waals surface area contributed by atoms with Gasteiger partial charge in [-0.05, 0) is 30.7 Å². The van der Waals surface area contributed by atoms with Gasteiger partial charge in [-0.25, -0.2) is 0 Å². The Morgan fingerprint density at radius 3 is 2.57 bits per heavy atom. The standard InChI is InChI=1S/C12H11ClO/c1-2-3-4-5-12(14)10-6-8-11(13)9-7-10/h1,6-9H,3-5H2. The fourth-order valence-corrected chi connectivity index (χ4v) is 1.26. The van der Waals surface area contributed by atoms with Gasteiger partial charge in [0.1, 0.15) is 0 Å². The van der Waals surface area contributed by atoms with Crippen molar-refractivity contribution >= 4 is 17.4 Å². The van der Waals surface area contributed by atoms with Crippen molar-refractivity contribution in [2.24, 2.45) is 0 Å². The number of carbonyl (C=O) groups excluding carboxylic acids is 1. The lowest BCUT2D eigenvalue weighted by Gasteiger charge is -1.99. The molecule has 0 heterocycles. The van der Waals surface area contributed by atoms with Crippen LogP contribution < -0.4 is 0 Å². The first kappa shape index (κ1) is 10.8. The van der Waals surface area contributed by atoms with Crippen LogP contribution in [-0.4, -0.2) is 5.78 Å². The molecule has 0 amide bonds. The molecule has 0 atom stereocenters. The molecule has 14 heavy (non-hydrogen) atoms. The van der Waals surface area contributed by atoms with E-state index in [1.807, 2.05) is 0 Å². The van der Waals surface area contributed by atoms with Crippen LogP contribution in [0.1, 0.15) is 29.6 Å². The minimum Gasteiger partial charge on any atom is -0.294 e. The summed E-state index contributed by atoms with van der Waals surface area (Å²) in [5.41, 5.74) is 0.700. The van der Waals surface area contributed by atoms with Crippen LogP contribution in [0, 0.1) is 12.3 Å². The Morgan fingerprint density at radius 2 is 2.00 bits per heavy atom. The van der Waals surface area contributed by atoms with Crippen molar-refractivity contribution in [3.05, 3.63) is 34.9 Å². The first-order valence-electron chi connectivity index (χ1n) is 4.46. The Balaban J connectivity index is 2.53. The zero-order valence-electron chi connectivity index (χ0n) is 7.79. The van der Waals surface area contributed by atoms with Gasteiger partial charge in [0.05, 0.1) is 0 Å². The molecular formula is C12H11ClO. The van der Waals surface area contributed by atoms with Crippen LogP contribution in [0.15, 0.2) is 24.3 Å². The van der Waals surface area contributed by atoms with Gasteiger partial charge in [-0.2, -0.15) is 0 Å². The highest BCUT2D eigenvalue weighted by Crippen LogP contribution is 2.12. The number of hydrogen-bond acceptors (Lipinski definition) is 1. The van der Waals surface area contributed by atoms with E-state index in [1.165, 1.54) is 0 Å². The van der Waals surface area contributed by atoms with Crippen molar-refractivity contribution in [3.8, 4) is 12.3 Å². The predicted molar refractivity (Wildman–Crippen MR) is 58.5 cm³/mol. The quantitative estimate of drug-likeness (QED) is 0.420. The summed E-state index contributed by atoms with van der Waals surface area (Å²) >= 11 is 5.71. The van der Waals surface area contributed by atoms with Crippen molar-refractivity contribution in [3.63, 3.8) is 0 Å². The average Bonchev–Trinajstić information content (AvgIpc) is 2.19. The summed E-state index contributed by atoms with van der Waals surface area (Å²) in [5.74, 6) is 2.63. The molecule has 0 aliphatic rings. The molecule has 1 aromatic carbocycles. The average molecular weight is 207 g/mol. The van der Waals surface area contributed by atoms with Crippen LogP contribution in [0.4, 0.5) is 0 Å². The normalized spacial score (nSPS) is 9.43. The SMILES string of the molecule is C#CCCCC(=O)c1ccc(Cl)cc1. The molecule has 0 aliphatic heterocycles. The maximum atomic E-state index is 11.5. The number of terminal acetylenes is 1. The summed E-state index contributed by atoms with van der Waals surface area (Å²) in [6.45, 7) is 0. The fraction of sp³-hybridized carbons (Fsp3) is 0.250. The van der Waals surface area contributed by atoms with Crippen LogP contribution in [0.2, 0.25) is 5.02 Å². The predicted octanol–water partition coefficient (Wildman–Crippen LogP) is 3.33. The smallest absolute Gasteiger partial charge is 0.162 e. The Bertz CT molecular complexity index is 346. The highest BCUT2D eigenvalue weighted by atomic mass is 35.5. The van der Waals surface area contributed by atoms with Gasteiger partial charge in [0.2, 0.25) is 0 Å². The van der Waals surface area contributed by atoms with Crippen LogP contribution in [-0.2, 0) is 0 Å². The Morgan fingerprint density at radius 1 is 1.36 bits per heavy atom. The van der Waals surface area contributed by atoms with E-state index in [1.54, 1.807) is 24.3 Å². The van der Waals surface area contributed by atoms with Gasteiger partial charge < -0.3 is 0 Å². The molecule has 2 heteroatoms. The molecule has 0 aliphatic carbocycles. The summed E-state index contributed by atoms with van der Waals surface area (Å²) in [5, 5.41) is 0.644. The second-order valence-electron chi connectivity index (χ2n) is 2.99. The summed E-state index contributed by atoms with van der Waals surface area (Å²) in [4.78, 5) is 11.5. The Labute approximate surface area is 89.1 Å². The van der Waals surface area contributed by atoms with Crippen molar-refractivity contribution in [2.45, 2.75) is 19.3 Å². The number of hydrogen-bond donors (Lipinski definition) is 0.